The van der Waals surface area contributed by atoms with Crippen LogP contribution >= 0.6 is 0 Å². The Morgan fingerprint density at radius 2 is 0.671 bits per heavy atom. The van der Waals surface area contributed by atoms with E-state index in [0.29, 0.717) is 19.4 Å². The van der Waals surface area contributed by atoms with Gasteiger partial charge in [0.05, 0.1) is 25.4 Å². The van der Waals surface area contributed by atoms with Crippen LogP contribution in [0.25, 0.3) is 0 Å². The van der Waals surface area contributed by atoms with Gasteiger partial charge in [-0.1, -0.05) is 339 Å². The normalized spacial score (nSPS) is 12.7. The molecule has 0 saturated carbocycles. The zero-order valence-corrected chi connectivity index (χ0v) is 51.3. The molecule has 0 aliphatic carbocycles. The van der Waals surface area contributed by atoms with Crippen molar-refractivity contribution in [3.05, 3.63) is 36.5 Å². The minimum atomic E-state index is -0.842. The Labute approximate surface area is 474 Å². The molecule has 0 saturated heterocycles. The fraction of sp³-hybridized carbons (Fsp3) is 0.886. The van der Waals surface area contributed by atoms with E-state index >= 15 is 0 Å². The number of esters is 1. The number of carbonyl (C=O) groups is 2. The van der Waals surface area contributed by atoms with Gasteiger partial charge in [0.1, 0.15) is 0 Å². The fourth-order valence-corrected chi connectivity index (χ4v) is 10.7. The molecule has 3 N–H and O–H groups in total. The Hall–Kier alpha value is -1.92. The summed E-state index contributed by atoms with van der Waals surface area (Å²) in [5, 5.41) is 23.2. The quantitative estimate of drug-likeness (QED) is 0.0320. The van der Waals surface area contributed by atoms with Crippen LogP contribution in [0.1, 0.15) is 373 Å². The summed E-state index contributed by atoms with van der Waals surface area (Å²) in [6, 6.07) is -0.625. The number of ether oxygens (including phenoxy) is 1. The van der Waals surface area contributed by atoms with Crippen LogP contribution < -0.4 is 5.32 Å². The summed E-state index contributed by atoms with van der Waals surface area (Å²) in [6.45, 7) is 4.88. The van der Waals surface area contributed by atoms with Crippen molar-refractivity contribution in [1.82, 2.24) is 5.32 Å². The lowest BCUT2D eigenvalue weighted by Gasteiger charge is -2.20. The van der Waals surface area contributed by atoms with E-state index in [1.54, 1.807) is 6.08 Å². The van der Waals surface area contributed by atoms with E-state index in [1.165, 1.54) is 295 Å². The van der Waals surface area contributed by atoms with Crippen LogP contribution in [0.4, 0.5) is 0 Å². The van der Waals surface area contributed by atoms with Crippen LogP contribution in [0.5, 0.6) is 0 Å². The largest absolute Gasteiger partial charge is 0.466 e. The van der Waals surface area contributed by atoms with E-state index in [0.717, 1.165) is 51.4 Å². The summed E-state index contributed by atoms with van der Waals surface area (Å²) >= 11 is 0. The van der Waals surface area contributed by atoms with Gasteiger partial charge in [0, 0.05) is 12.8 Å². The van der Waals surface area contributed by atoms with Crippen LogP contribution in [-0.2, 0) is 14.3 Å². The first kappa shape index (κ1) is 74.1. The number of hydrogen-bond acceptors (Lipinski definition) is 5. The number of aliphatic hydroxyl groups excluding tert-OH is 2. The van der Waals surface area contributed by atoms with Gasteiger partial charge in [-0.3, -0.25) is 9.59 Å². The van der Waals surface area contributed by atoms with Crippen molar-refractivity contribution in [2.45, 2.75) is 386 Å². The summed E-state index contributed by atoms with van der Waals surface area (Å²) in [6.07, 6.45) is 83.6. The van der Waals surface area contributed by atoms with E-state index in [2.05, 4.69) is 43.5 Å². The third-order valence-electron chi connectivity index (χ3n) is 15.9. The summed E-state index contributed by atoms with van der Waals surface area (Å²) < 4.78 is 5.48. The lowest BCUT2D eigenvalue weighted by atomic mass is 10.0. The highest BCUT2D eigenvalue weighted by molar-refractivity contribution is 5.76. The van der Waals surface area contributed by atoms with Gasteiger partial charge >= 0.3 is 5.97 Å². The van der Waals surface area contributed by atoms with Crippen molar-refractivity contribution in [1.29, 1.82) is 0 Å². The molecule has 0 fully saturated rings. The molecule has 1 amide bonds. The molecular weight excluding hydrogens is 935 g/mol. The number of hydrogen-bond donors (Lipinski definition) is 3. The topological polar surface area (TPSA) is 95.9 Å². The number of unbranched alkanes of at least 4 members (excludes halogenated alkanes) is 49. The molecule has 0 heterocycles. The fourth-order valence-electron chi connectivity index (χ4n) is 10.7. The predicted molar refractivity (Wildman–Crippen MR) is 333 cm³/mol. The van der Waals surface area contributed by atoms with Crippen LogP contribution in [0.3, 0.4) is 0 Å². The number of carbonyl (C=O) groups excluding carboxylic acids is 2. The van der Waals surface area contributed by atoms with Crippen LogP contribution in [-0.4, -0.2) is 47.4 Å². The summed E-state index contributed by atoms with van der Waals surface area (Å²) in [5.41, 5.74) is 0. The lowest BCUT2D eigenvalue weighted by Crippen LogP contribution is -2.45. The minimum Gasteiger partial charge on any atom is -0.466 e. The second-order valence-corrected chi connectivity index (χ2v) is 23.5. The molecule has 2 unspecified atom stereocenters. The number of amides is 1. The second-order valence-electron chi connectivity index (χ2n) is 23.5. The number of aliphatic hydroxyl groups is 2. The van der Waals surface area contributed by atoms with E-state index < -0.39 is 12.1 Å². The predicted octanol–water partition coefficient (Wildman–Crippen LogP) is 21.9. The minimum absolute atomic E-state index is 0.00467. The van der Waals surface area contributed by atoms with Crippen molar-refractivity contribution in [2.75, 3.05) is 13.2 Å². The Bertz CT molecular complexity index is 1230. The van der Waals surface area contributed by atoms with Gasteiger partial charge in [0.25, 0.3) is 0 Å². The summed E-state index contributed by atoms with van der Waals surface area (Å²) in [4.78, 5) is 24.5. The molecule has 6 nitrogen and oxygen atoms in total. The Morgan fingerprint density at radius 1 is 0.368 bits per heavy atom. The van der Waals surface area contributed by atoms with E-state index in [-0.39, 0.29) is 18.5 Å². The molecule has 0 aliphatic heterocycles. The van der Waals surface area contributed by atoms with Gasteiger partial charge in [-0.05, 0) is 57.8 Å². The van der Waals surface area contributed by atoms with Gasteiger partial charge in [-0.15, -0.1) is 0 Å². The van der Waals surface area contributed by atoms with Crippen molar-refractivity contribution < 1.29 is 24.5 Å². The number of nitrogens with one attached hydrogen (secondary N) is 1. The van der Waals surface area contributed by atoms with Crippen molar-refractivity contribution >= 4 is 11.9 Å². The van der Waals surface area contributed by atoms with Crippen LogP contribution in [0.15, 0.2) is 36.5 Å². The van der Waals surface area contributed by atoms with Crippen LogP contribution in [0.2, 0.25) is 0 Å². The Kier molecular flexibility index (Phi) is 63.9. The third-order valence-corrected chi connectivity index (χ3v) is 15.9. The SMILES string of the molecule is CCCC/C=C\C/C=C\CCCCCCCC(=O)OCCCCCCCCCCCCCCCCCCCCCCCCCCCCCCCC(=O)NC(CO)C(O)/C=C/CCCCCCCCCCCCCCCC. The van der Waals surface area contributed by atoms with Gasteiger partial charge in [0.15, 0.2) is 0 Å². The molecule has 0 bridgehead atoms. The maximum absolute atomic E-state index is 12.5. The molecule has 448 valence electrons. The summed E-state index contributed by atoms with van der Waals surface area (Å²) in [5.74, 6) is -0.0575. The van der Waals surface area contributed by atoms with Crippen molar-refractivity contribution in [3.8, 4) is 0 Å². The highest BCUT2D eigenvalue weighted by Crippen LogP contribution is 2.18. The van der Waals surface area contributed by atoms with Gasteiger partial charge < -0.3 is 20.3 Å². The Morgan fingerprint density at radius 3 is 1.04 bits per heavy atom. The average molecular weight is 1070 g/mol. The molecule has 0 aromatic rings. The smallest absolute Gasteiger partial charge is 0.305 e. The lowest BCUT2D eigenvalue weighted by molar-refractivity contribution is -0.143. The molecule has 6 heteroatoms. The standard InChI is InChI=1S/C70H133NO5/c1-3-5-7-9-11-13-15-17-19-35-38-42-46-50-54-58-62-68(73)67(66-72)71-69(74)63-59-55-51-47-43-39-36-33-31-29-27-25-23-21-20-22-24-26-28-30-32-34-37-41-45-49-53-57-61-65-76-70(75)64-60-56-52-48-44-40-18-16-14-12-10-8-6-4-2/h10,12,16,18,58,62,67-68,72-73H,3-9,11,13-15,17,19-57,59-61,63-66H2,1-2H3,(H,71,74)/b12-10-,18-16-,62-58+. The molecule has 0 radical (unpaired) electrons. The first-order valence-corrected chi connectivity index (χ1v) is 34.3. The molecule has 0 aliphatic rings. The van der Waals surface area contributed by atoms with E-state index in [1.807, 2.05) is 6.08 Å². The molecule has 0 spiro atoms. The van der Waals surface area contributed by atoms with Gasteiger partial charge in [-0.25, -0.2) is 0 Å². The van der Waals surface area contributed by atoms with E-state index in [4.69, 9.17) is 4.74 Å². The maximum Gasteiger partial charge on any atom is 0.305 e. The average Bonchev–Trinajstić information content (AvgIpc) is 3.42. The second kappa shape index (κ2) is 65.6. The van der Waals surface area contributed by atoms with Crippen molar-refractivity contribution in [2.24, 2.45) is 0 Å². The van der Waals surface area contributed by atoms with Crippen LogP contribution in [0, 0.1) is 0 Å². The zero-order chi connectivity index (χ0) is 55.0. The van der Waals surface area contributed by atoms with Crippen molar-refractivity contribution in [3.63, 3.8) is 0 Å². The molecule has 0 rings (SSSR count). The monoisotopic (exact) mass is 1070 g/mol. The highest BCUT2D eigenvalue weighted by atomic mass is 16.5. The Balaban J connectivity index is 3.36. The molecule has 0 aromatic carbocycles. The molecular formula is C70H133NO5. The van der Waals surface area contributed by atoms with E-state index in [9.17, 15) is 19.8 Å². The molecule has 2 atom stereocenters. The first-order valence-electron chi connectivity index (χ1n) is 34.3. The summed E-state index contributed by atoms with van der Waals surface area (Å²) in [7, 11) is 0. The maximum atomic E-state index is 12.5. The number of rotatable bonds is 64. The number of allylic oxidation sites excluding steroid dienone is 5. The van der Waals surface area contributed by atoms with Gasteiger partial charge in [0.2, 0.25) is 5.91 Å². The first-order chi connectivity index (χ1) is 37.5. The molecule has 0 aromatic heterocycles. The molecule has 76 heavy (non-hydrogen) atoms. The third kappa shape index (κ3) is 61.3. The van der Waals surface area contributed by atoms with Gasteiger partial charge in [-0.2, -0.15) is 0 Å². The zero-order valence-electron chi connectivity index (χ0n) is 51.3. The highest BCUT2D eigenvalue weighted by Gasteiger charge is 2.18.